The zero-order valence-electron chi connectivity index (χ0n) is 23.5. The molecule has 1 aromatic carbocycles. The Labute approximate surface area is 234 Å². The molecule has 9 nitrogen and oxygen atoms in total. The lowest BCUT2D eigenvalue weighted by atomic mass is 9.93. The maximum atomic E-state index is 13.5. The summed E-state index contributed by atoms with van der Waals surface area (Å²) in [6.07, 6.45) is 1.34. The average Bonchev–Trinajstić information content (AvgIpc) is 3.28. The molecule has 0 unspecified atom stereocenters. The van der Waals surface area contributed by atoms with Gasteiger partial charge in [-0.15, -0.1) is 0 Å². The Morgan fingerprint density at radius 3 is 2.36 bits per heavy atom. The third kappa shape index (κ3) is 6.49. The number of rotatable bonds is 7. The second-order valence-corrected chi connectivity index (χ2v) is 11.6. The number of hydrogen-bond donors (Lipinski definition) is 0. The van der Waals surface area contributed by atoms with Crippen LogP contribution in [0.1, 0.15) is 65.5 Å². The molecule has 10 heteroatoms. The number of amidine groups is 1. The van der Waals surface area contributed by atoms with Crippen LogP contribution in [-0.2, 0) is 23.9 Å². The highest BCUT2D eigenvalue weighted by atomic mass is 32.2. The molecule has 3 aliphatic heterocycles. The van der Waals surface area contributed by atoms with Crippen molar-refractivity contribution in [3.05, 3.63) is 52.2 Å². The number of carbonyl (C=O) groups excluding carboxylic acids is 3. The van der Waals surface area contributed by atoms with Gasteiger partial charge in [0, 0.05) is 18.8 Å². The first-order valence-corrected chi connectivity index (χ1v) is 14.2. The van der Waals surface area contributed by atoms with Crippen molar-refractivity contribution in [2.75, 3.05) is 26.8 Å². The molecule has 3 heterocycles. The molecule has 1 amide bonds. The molecular weight excluding hydrogens is 518 g/mol. The van der Waals surface area contributed by atoms with E-state index in [2.05, 4.69) is 0 Å². The summed E-state index contributed by atoms with van der Waals surface area (Å²) in [7, 11) is 1.61. The molecule has 0 aromatic heterocycles. The molecule has 0 N–H and O–H groups in total. The molecule has 1 fully saturated rings. The molecule has 0 spiro atoms. The topological polar surface area (TPSA) is 97.7 Å². The number of hydrogen-bond acceptors (Lipinski definition) is 9. The number of piperidine rings is 1. The lowest BCUT2D eigenvalue weighted by Gasteiger charge is -2.38. The lowest BCUT2D eigenvalue weighted by molar-refractivity contribution is -0.151. The Bertz CT molecular complexity index is 1210. The highest BCUT2D eigenvalue weighted by Crippen LogP contribution is 2.45. The van der Waals surface area contributed by atoms with Crippen LogP contribution >= 0.6 is 11.8 Å². The van der Waals surface area contributed by atoms with E-state index >= 15 is 0 Å². The van der Waals surface area contributed by atoms with Crippen LogP contribution in [0.4, 0.5) is 0 Å². The molecule has 210 valence electrons. The summed E-state index contributed by atoms with van der Waals surface area (Å²) in [5.41, 5.74) is 1.98. The largest absolute Gasteiger partial charge is 0.497 e. The highest BCUT2D eigenvalue weighted by Gasteiger charge is 2.42. The zero-order chi connectivity index (χ0) is 28.3. The number of likely N-dealkylation sites (tertiary alicyclic amines) is 1. The van der Waals surface area contributed by atoms with Crippen LogP contribution in [0.15, 0.2) is 51.6 Å². The summed E-state index contributed by atoms with van der Waals surface area (Å²) in [6, 6.07) is 7.05. The van der Waals surface area contributed by atoms with E-state index in [1.54, 1.807) is 18.9 Å². The van der Waals surface area contributed by atoms with Gasteiger partial charge in [0.25, 0.3) is 0 Å². The van der Waals surface area contributed by atoms with Crippen molar-refractivity contribution < 1.29 is 28.6 Å². The van der Waals surface area contributed by atoms with Gasteiger partial charge in [-0.25, -0.2) is 9.79 Å². The van der Waals surface area contributed by atoms with E-state index in [1.165, 1.54) is 11.8 Å². The monoisotopic (exact) mass is 555 g/mol. The van der Waals surface area contributed by atoms with E-state index in [4.69, 9.17) is 19.2 Å². The second-order valence-electron chi connectivity index (χ2n) is 10.8. The van der Waals surface area contributed by atoms with Crippen LogP contribution in [0.25, 0.3) is 0 Å². The first-order valence-electron chi connectivity index (χ1n) is 13.3. The fourth-order valence-corrected chi connectivity index (χ4v) is 5.92. The normalized spacial score (nSPS) is 19.8. The molecule has 3 aliphatic rings. The third-order valence-corrected chi connectivity index (χ3v) is 7.74. The molecule has 0 radical (unpaired) electrons. The predicted molar refractivity (Wildman–Crippen MR) is 150 cm³/mol. The van der Waals surface area contributed by atoms with Gasteiger partial charge < -0.3 is 24.0 Å². The van der Waals surface area contributed by atoms with Gasteiger partial charge >= 0.3 is 11.9 Å². The minimum atomic E-state index is -0.678. The van der Waals surface area contributed by atoms with E-state index < -0.39 is 17.6 Å². The van der Waals surface area contributed by atoms with Crippen LogP contribution in [-0.4, -0.2) is 65.2 Å². The number of methoxy groups -OCH3 is 1. The molecule has 1 saturated heterocycles. The Balaban J connectivity index is 1.58. The summed E-state index contributed by atoms with van der Waals surface area (Å²) in [5.74, 6) is -0.111. The Morgan fingerprint density at radius 2 is 1.77 bits per heavy atom. The summed E-state index contributed by atoms with van der Waals surface area (Å²) < 4.78 is 16.3. The van der Waals surface area contributed by atoms with E-state index in [9.17, 15) is 14.4 Å². The minimum absolute atomic E-state index is 0.0241. The van der Waals surface area contributed by atoms with E-state index in [0.717, 1.165) is 11.3 Å². The Morgan fingerprint density at radius 1 is 1.10 bits per heavy atom. The first-order chi connectivity index (χ1) is 18.5. The molecule has 4 rings (SSSR count). The van der Waals surface area contributed by atoms with Gasteiger partial charge in [0.1, 0.15) is 11.4 Å². The predicted octanol–water partition coefficient (Wildman–Crippen LogP) is 4.80. The van der Waals surface area contributed by atoms with E-state index in [1.807, 2.05) is 62.3 Å². The highest BCUT2D eigenvalue weighted by molar-refractivity contribution is 8.16. The SMILES string of the molecule is CCOC(=O)C1CCN(C(=O)CC2=CSC3=NC(C)=C(C(=O)OC(C)(C)C)[C@H](c4ccc(OC)cc4)N23)CC1. The van der Waals surface area contributed by atoms with Crippen LogP contribution in [0.3, 0.4) is 0 Å². The van der Waals surface area contributed by atoms with Crippen molar-refractivity contribution in [1.82, 2.24) is 9.80 Å². The van der Waals surface area contributed by atoms with Crippen LogP contribution < -0.4 is 4.74 Å². The number of allylic oxidation sites excluding steroid dienone is 1. The number of benzene rings is 1. The number of nitrogens with zero attached hydrogens (tertiary/aromatic N) is 3. The van der Waals surface area contributed by atoms with Gasteiger partial charge in [0.05, 0.1) is 43.4 Å². The summed E-state index contributed by atoms with van der Waals surface area (Å²) >= 11 is 1.44. The number of thioether (sulfide) groups is 1. The molecular formula is C29H37N3O6S. The minimum Gasteiger partial charge on any atom is -0.497 e. The maximum absolute atomic E-state index is 13.5. The number of esters is 2. The van der Waals surface area contributed by atoms with Crippen LogP contribution in [0.2, 0.25) is 0 Å². The quantitative estimate of drug-likeness (QED) is 0.443. The fourth-order valence-electron chi connectivity index (χ4n) is 4.96. The summed E-state index contributed by atoms with van der Waals surface area (Å²) in [4.78, 5) is 47.5. The van der Waals surface area contributed by atoms with Gasteiger partial charge in [-0.2, -0.15) is 0 Å². The van der Waals surface area contributed by atoms with Crippen molar-refractivity contribution in [3.63, 3.8) is 0 Å². The van der Waals surface area contributed by atoms with Crippen molar-refractivity contribution in [3.8, 4) is 5.75 Å². The van der Waals surface area contributed by atoms with Crippen molar-refractivity contribution in [2.45, 2.75) is 65.5 Å². The van der Waals surface area contributed by atoms with Crippen molar-refractivity contribution >= 4 is 34.8 Å². The number of ether oxygens (including phenoxy) is 3. The van der Waals surface area contributed by atoms with Gasteiger partial charge in [0.2, 0.25) is 5.91 Å². The molecule has 0 saturated carbocycles. The van der Waals surface area contributed by atoms with Gasteiger partial charge in [-0.05, 0) is 70.6 Å². The van der Waals surface area contributed by atoms with Gasteiger partial charge in [0.15, 0.2) is 5.17 Å². The fraction of sp³-hybridized carbons (Fsp3) is 0.517. The molecule has 1 aromatic rings. The van der Waals surface area contributed by atoms with Crippen LogP contribution in [0, 0.1) is 5.92 Å². The van der Waals surface area contributed by atoms with Crippen molar-refractivity contribution in [2.24, 2.45) is 10.9 Å². The number of amides is 1. The Kier molecular flexibility index (Phi) is 8.73. The first kappa shape index (κ1) is 28.7. The standard InChI is InChI=1S/C29H37N3O6S/c1-7-37-26(34)20-12-14-31(15-13-20)23(33)16-21-17-39-28-30-18(2)24(27(35)38-29(3,4)5)25(32(21)28)19-8-10-22(36-6)11-9-19/h8-11,17,20,25H,7,12-16H2,1-6H3/t25-/m0/s1. The van der Waals surface area contributed by atoms with Gasteiger partial charge in [-0.1, -0.05) is 23.9 Å². The second kappa shape index (κ2) is 11.9. The molecule has 0 bridgehead atoms. The molecule has 39 heavy (non-hydrogen) atoms. The average molecular weight is 556 g/mol. The summed E-state index contributed by atoms with van der Waals surface area (Å²) in [6.45, 7) is 10.5. The van der Waals surface area contributed by atoms with E-state index in [-0.39, 0.29) is 24.2 Å². The summed E-state index contributed by atoms with van der Waals surface area (Å²) in [5, 5.41) is 2.65. The molecule has 1 atom stereocenters. The van der Waals surface area contributed by atoms with Crippen molar-refractivity contribution in [1.29, 1.82) is 0 Å². The number of carbonyl (C=O) groups is 3. The number of fused-ring (bicyclic) bond motifs is 1. The van der Waals surface area contributed by atoms with Gasteiger partial charge in [-0.3, -0.25) is 9.59 Å². The Hall–Kier alpha value is -3.27. The zero-order valence-corrected chi connectivity index (χ0v) is 24.3. The van der Waals surface area contributed by atoms with Crippen LogP contribution in [0.5, 0.6) is 5.75 Å². The van der Waals surface area contributed by atoms with E-state index in [0.29, 0.717) is 54.7 Å². The third-order valence-electron chi connectivity index (χ3n) is 6.85. The number of aliphatic imine (C=N–C) groups is 1. The smallest absolute Gasteiger partial charge is 0.338 e. The maximum Gasteiger partial charge on any atom is 0.338 e. The lowest BCUT2D eigenvalue weighted by Crippen LogP contribution is -2.42. The molecule has 0 aliphatic carbocycles.